The van der Waals surface area contributed by atoms with Gasteiger partial charge in [-0.3, -0.25) is 10.1 Å². The van der Waals surface area contributed by atoms with Gasteiger partial charge in [0, 0.05) is 15.7 Å². The number of carbonyl (C=O) groups is 1. The lowest BCUT2D eigenvalue weighted by molar-refractivity contribution is 0.0974. The summed E-state index contributed by atoms with van der Waals surface area (Å²) in [4.78, 5) is 17.3. The Morgan fingerprint density at radius 3 is 2.70 bits per heavy atom. The average molecular weight is 524 g/mol. The summed E-state index contributed by atoms with van der Waals surface area (Å²) >= 11 is 8.71. The topological polar surface area (TPSA) is 76.4 Å². The SMILES string of the molecule is COc1ccc(Br)cc1C(=O)NC(=S)Nc1cccc(-c2nc3cc(C(C)C)ccc3o2)c1. The number of benzene rings is 3. The first-order chi connectivity index (χ1) is 15.8. The molecule has 0 aliphatic rings. The van der Waals surface area contributed by atoms with Crippen LogP contribution in [0.5, 0.6) is 5.75 Å². The van der Waals surface area contributed by atoms with E-state index in [9.17, 15) is 4.79 Å². The van der Waals surface area contributed by atoms with Gasteiger partial charge in [-0.25, -0.2) is 4.98 Å². The number of oxazole rings is 1. The van der Waals surface area contributed by atoms with Crippen molar-refractivity contribution in [2.45, 2.75) is 19.8 Å². The Hall–Kier alpha value is -3.23. The van der Waals surface area contributed by atoms with Gasteiger partial charge in [0.25, 0.3) is 5.91 Å². The van der Waals surface area contributed by atoms with Crippen LogP contribution in [0.15, 0.2) is 69.6 Å². The number of thiocarbonyl (C=S) groups is 1. The summed E-state index contributed by atoms with van der Waals surface area (Å²) in [5.41, 5.74) is 4.63. The number of halogens is 1. The Balaban J connectivity index is 1.50. The molecule has 6 nitrogen and oxygen atoms in total. The molecule has 0 saturated carbocycles. The number of hydrogen-bond acceptors (Lipinski definition) is 5. The van der Waals surface area contributed by atoms with Crippen LogP contribution >= 0.6 is 28.1 Å². The normalized spacial score (nSPS) is 10.9. The Kier molecular flexibility index (Phi) is 6.76. The zero-order chi connectivity index (χ0) is 23.5. The Morgan fingerprint density at radius 1 is 1.12 bits per heavy atom. The summed E-state index contributed by atoms with van der Waals surface area (Å²) in [6.07, 6.45) is 0. The highest BCUT2D eigenvalue weighted by atomic mass is 79.9. The molecule has 0 fully saturated rings. The van der Waals surface area contributed by atoms with Gasteiger partial charge >= 0.3 is 0 Å². The molecule has 1 heterocycles. The first-order valence-electron chi connectivity index (χ1n) is 10.3. The third kappa shape index (κ3) is 5.23. The molecular formula is C25H22BrN3O3S. The molecule has 1 amide bonds. The minimum absolute atomic E-state index is 0.165. The van der Waals surface area contributed by atoms with E-state index in [-0.39, 0.29) is 11.0 Å². The first kappa shape index (κ1) is 22.9. The smallest absolute Gasteiger partial charge is 0.261 e. The number of aromatic nitrogens is 1. The van der Waals surface area contributed by atoms with Gasteiger partial charge in [-0.15, -0.1) is 0 Å². The van der Waals surface area contributed by atoms with E-state index in [1.54, 1.807) is 18.2 Å². The number of nitrogens with one attached hydrogen (secondary N) is 2. The molecule has 0 spiro atoms. The van der Waals surface area contributed by atoms with Crippen LogP contribution in [0.3, 0.4) is 0 Å². The monoisotopic (exact) mass is 523 g/mol. The van der Waals surface area contributed by atoms with E-state index >= 15 is 0 Å². The molecule has 3 aromatic carbocycles. The van der Waals surface area contributed by atoms with Crippen molar-refractivity contribution in [2.24, 2.45) is 0 Å². The largest absolute Gasteiger partial charge is 0.496 e. The fraction of sp³-hybridized carbons (Fsp3) is 0.160. The van der Waals surface area contributed by atoms with Crippen LogP contribution in [0.25, 0.3) is 22.6 Å². The van der Waals surface area contributed by atoms with Crippen molar-refractivity contribution < 1.29 is 13.9 Å². The number of rotatable bonds is 5. The average Bonchev–Trinajstić information content (AvgIpc) is 3.22. The van der Waals surface area contributed by atoms with E-state index in [0.29, 0.717) is 28.8 Å². The molecule has 4 aromatic rings. The number of ether oxygens (including phenoxy) is 1. The van der Waals surface area contributed by atoms with E-state index in [1.807, 2.05) is 30.3 Å². The van der Waals surface area contributed by atoms with Crippen molar-refractivity contribution >= 4 is 56.0 Å². The molecule has 33 heavy (non-hydrogen) atoms. The van der Waals surface area contributed by atoms with Gasteiger partial charge in [0.15, 0.2) is 10.7 Å². The van der Waals surface area contributed by atoms with Crippen molar-refractivity contribution in [3.8, 4) is 17.2 Å². The van der Waals surface area contributed by atoms with Crippen molar-refractivity contribution in [3.05, 3.63) is 76.3 Å². The number of fused-ring (bicyclic) bond motifs is 1. The molecule has 0 aliphatic carbocycles. The third-order valence-electron chi connectivity index (χ3n) is 5.08. The molecule has 2 N–H and O–H groups in total. The second-order valence-electron chi connectivity index (χ2n) is 7.73. The van der Waals surface area contributed by atoms with Crippen molar-refractivity contribution in [1.82, 2.24) is 10.3 Å². The minimum atomic E-state index is -0.373. The van der Waals surface area contributed by atoms with E-state index in [4.69, 9.17) is 21.4 Å². The number of anilines is 1. The van der Waals surface area contributed by atoms with Gasteiger partial charge in [0.1, 0.15) is 11.3 Å². The van der Waals surface area contributed by atoms with Crippen molar-refractivity contribution in [2.75, 3.05) is 12.4 Å². The molecule has 0 bridgehead atoms. The van der Waals surface area contributed by atoms with Crippen LogP contribution in [0, 0.1) is 0 Å². The molecule has 0 aliphatic heterocycles. The lowest BCUT2D eigenvalue weighted by Gasteiger charge is -2.12. The molecule has 0 radical (unpaired) electrons. The zero-order valence-electron chi connectivity index (χ0n) is 18.3. The van der Waals surface area contributed by atoms with Crippen LogP contribution in [0.4, 0.5) is 5.69 Å². The maximum Gasteiger partial charge on any atom is 0.261 e. The number of hydrogen-bond donors (Lipinski definition) is 2. The summed E-state index contributed by atoms with van der Waals surface area (Å²) in [6.45, 7) is 4.29. The van der Waals surface area contributed by atoms with Gasteiger partial charge in [-0.05, 0) is 72.2 Å². The number of methoxy groups -OCH3 is 1. The minimum Gasteiger partial charge on any atom is -0.496 e. The molecule has 0 unspecified atom stereocenters. The third-order valence-corrected chi connectivity index (χ3v) is 5.78. The van der Waals surface area contributed by atoms with Gasteiger partial charge in [-0.1, -0.05) is 41.9 Å². The first-order valence-corrected chi connectivity index (χ1v) is 11.5. The summed E-state index contributed by atoms with van der Waals surface area (Å²) in [5.74, 6) is 1.01. The van der Waals surface area contributed by atoms with Gasteiger partial charge in [0.05, 0.1) is 12.7 Å². The fourth-order valence-corrected chi connectivity index (χ4v) is 3.92. The number of amides is 1. The highest BCUT2D eigenvalue weighted by Crippen LogP contribution is 2.28. The highest BCUT2D eigenvalue weighted by molar-refractivity contribution is 9.10. The maximum atomic E-state index is 12.7. The number of carbonyl (C=O) groups excluding carboxylic acids is 1. The van der Waals surface area contributed by atoms with E-state index in [1.165, 1.54) is 12.7 Å². The van der Waals surface area contributed by atoms with E-state index in [2.05, 4.69) is 57.5 Å². The van der Waals surface area contributed by atoms with Crippen molar-refractivity contribution in [3.63, 3.8) is 0 Å². The zero-order valence-corrected chi connectivity index (χ0v) is 20.7. The second-order valence-corrected chi connectivity index (χ2v) is 9.06. The molecule has 0 saturated heterocycles. The predicted octanol–water partition coefficient (Wildman–Crippen LogP) is 6.52. The summed E-state index contributed by atoms with van der Waals surface area (Å²) in [6, 6.07) is 18.7. The molecule has 4 rings (SSSR count). The molecule has 8 heteroatoms. The summed E-state index contributed by atoms with van der Waals surface area (Å²) < 4.78 is 12.0. The van der Waals surface area contributed by atoms with Crippen LogP contribution in [0.1, 0.15) is 35.7 Å². The molecule has 168 valence electrons. The lowest BCUT2D eigenvalue weighted by atomic mass is 10.0. The standard InChI is InChI=1S/C25H22BrN3O3S/c1-14(2)15-7-9-22-20(12-15)28-24(32-22)16-5-4-6-18(11-16)27-25(33)29-23(30)19-13-17(26)8-10-21(19)31-3/h4-14H,1-3H3,(H2,27,29,30,33). The molecular weight excluding hydrogens is 502 g/mol. The Bertz CT molecular complexity index is 1350. The van der Waals surface area contributed by atoms with E-state index < -0.39 is 0 Å². The van der Waals surface area contributed by atoms with Crippen molar-refractivity contribution in [1.29, 1.82) is 0 Å². The quantitative estimate of drug-likeness (QED) is 0.290. The highest BCUT2D eigenvalue weighted by Gasteiger charge is 2.15. The molecule has 1 aromatic heterocycles. The second kappa shape index (κ2) is 9.72. The van der Waals surface area contributed by atoms with Crippen LogP contribution < -0.4 is 15.4 Å². The Labute approximate surface area is 205 Å². The predicted molar refractivity (Wildman–Crippen MR) is 138 cm³/mol. The maximum absolute atomic E-state index is 12.7. The van der Waals surface area contributed by atoms with Crippen LogP contribution in [-0.2, 0) is 0 Å². The van der Waals surface area contributed by atoms with Crippen LogP contribution in [-0.4, -0.2) is 23.1 Å². The fourth-order valence-electron chi connectivity index (χ4n) is 3.35. The van der Waals surface area contributed by atoms with Gasteiger partial charge in [0.2, 0.25) is 5.89 Å². The van der Waals surface area contributed by atoms with Gasteiger partial charge in [-0.2, -0.15) is 0 Å². The van der Waals surface area contributed by atoms with Crippen LogP contribution in [0.2, 0.25) is 0 Å². The van der Waals surface area contributed by atoms with Gasteiger partial charge < -0.3 is 14.5 Å². The summed E-state index contributed by atoms with van der Waals surface area (Å²) in [7, 11) is 1.51. The van der Waals surface area contributed by atoms with E-state index in [0.717, 1.165) is 21.1 Å². The summed E-state index contributed by atoms with van der Waals surface area (Å²) in [5, 5.41) is 5.89. The Morgan fingerprint density at radius 2 is 1.94 bits per heavy atom. The number of nitrogens with zero attached hydrogens (tertiary/aromatic N) is 1. The molecule has 0 atom stereocenters. The lowest BCUT2D eigenvalue weighted by Crippen LogP contribution is -2.34.